The molecule has 0 aliphatic rings. The largest absolute Gasteiger partial charge is 0.619 e. The molecule has 0 aliphatic carbocycles. The first kappa shape index (κ1) is 15.7. The molecule has 1 unspecified atom stereocenters. The van der Waals surface area contributed by atoms with E-state index in [2.05, 4.69) is 29.6 Å². The van der Waals surface area contributed by atoms with E-state index in [0.29, 0.717) is 10.3 Å². The van der Waals surface area contributed by atoms with Gasteiger partial charge in [0.15, 0.2) is 12.4 Å². The highest BCUT2D eigenvalue weighted by molar-refractivity contribution is 5.94. The van der Waals surface area contributed by atoms with Crippen molar-refractivity contribution in [3.8, 4) is 11.1 Å². The normalized spacial score (nSPS) is 11.7. The monoisotopic (exact) mass is 318 g/mol. The van der Waals surface area contributed by atoms with Crippen LogP contribution in [0.2, 0.25) is 0 Å². The van der Waals surface area contributed by atoms with Gasteiger partial charge in [-0.2, -0.15) is 4.73 Å². The predicted molar refractivity (Wildman–Crippen MR) is 93.2 cm³/mol. The zero-order valence-electron chi connectivity index (χ0n) is 13.3. The van der Waals surface area contributed by atoms with Crippen LogP contribution in [-0.2, 0) is 0 Å². The SMILES string of the molecule is CC(NC(=O)c1cc[n+]([O-])cc1)c1ccc(-c2ccccc2)cc1. The summed E-state index contributed by atoms with van der Waals surface area (Å²) >= 11 is 0. The van der Waals surface area contributed by atoms with Crippen molar-refractivity contribution in [2.75, 3.05) is 0 Å². The van der Waals surface area contributed by atoms with Gasteiger partial charge in [0.25, 0.3) is 5.91 Å². The van der Waals surface area contributed by atoms with Gasteiger partial charge in [0, 0.05) is 12.1 Å². The molecule has 4 heteroatoms. The molecule has 1 heterocycles. The third-order valence-corrected chi connectivity index (χ3v) is 3.93. The van der Waals surface area contributed by atoms with Crippen LogP contribution in [0.15, 0.2) is 79.1 Å². The van der Waals surface area contributed by atoms with Gasteiger partial charge in [-0.1, -0.05) is 54.6 Å². The second kappa shape index (κ2) is 6.96. The number of amides is 1. The molecule has 120 valence electrons. The minimum atomic E-state index is -0.199. The molecule has 3 aromatic rings. The summed E-state index contributed by atoms with van der Waals surface area (Å²) in [6.07, 6.45) is 2.63. The number of rotatable bonds is 4. The lowest BCUT2D eigenvalue weighted by Gasteiger charge is -2.15. The van der Waals surface area contributed by atoms with E-state index in [1.165, 1.54) is 24.5 Å². The van der Waals surface area contributed by atoms with Crippen molar-refractivity contribution in [1.82, 2.24) is 5.32 Å². The fraction of sp³-hybridized carbons (Fsp3) is 0.100. The molecule has 1 aromatic heterocycles. The van der Waals surface area contributed by atoms with Gasteiger partial charge in [0.2, 0.25) is 0 Å². The van der Waals surface area contributed by atoms with Gasteiger partial charge >= 0.3 is 0 Å². The highest BCUT2D eigenvalue weighted by atomic mass is 16.5. The second-order valence-electron chi connectivity index (χ2n) is 5.63. The number of pyridine rings is 1. The van der Waals surface area contributed by atoms with Crippen molar-refractivity contribution in [1.29, 1.82) is 0 Å². The molecular formula is C20H18N2O2. The van der Waals surface area contributed by atoms with Crippen LogP contribution in [0, 0.1) is 5.21 Å². The zero-order chi connectivity index (χ0) is 16.9. The van der Waals surface area contributed by atoms with Crippen molar-refractivity contribution in [2.24, 2.45) is 0 Å². The molecule has 3 rings (SSSR count). The number of aromatic nitrogens is 1. The zero-order valence-corrected chi connectivity index (χ0v) is 13.3. The Bertz CT molecular complexity index is 813. The van der Waals surface area contributed by atoms with Gasteiger partial charge in [-0.05, 0) is 23.6 Å². The Labute approximate surface area is 141 Å². The van der Waals surface area contributed by atoms with E-state index in [0.717, 1.165) is 16.7 Å². The van der Waals surface area contributed by atoms with Crippen molar-refractivity contribution in [3.05, 3.63) is 95.5 Å². The molecule has 0 aliphatic heterocycles. The highest BCUT2D eigenvalue weighted by Crippen LogP contribution is 2.21. The number of nitrogens with zero attached hydrogens (tertiary/aromatic N) is 1. The number of carbonyl (C=O) groups excluding carboxylic acids is 1. The number of benzene rings is 2. The summed E-state index contributed by atoms with van der Waals surface area (Å²) in [6.45, 7) is 1.94. The second-order valence-corrected chi connectivity index (χ2v) is 5.63. The third-order valence-electron chi connectivity index (χ3n) is 3.93. The maximum absolute atomic E-state index is 12.2. The van der Waals surface area contributed by atoms with E-state index in [4.69, 9.17) is 0 Å². The summed E-state index contributed by atoms with van der Waals surface area (Å²) < 4.78 is 0.655. The van der Waals surface area contributed by atoms with Crippen LogP contribution in [0.3, 0.4) is 0 Å². The van der Waals surface area contributed by atoms with E-state index in [-0.39, 0.29) is 11.9 Å². The number of nitrogens with one attached hydrogen (secondary N) is 1. The van der Waals surface area contributed by atoms with Crippen LogP contribution in [0.4, 0.5) is 0 Å². The molecule has 0 radical (unpaired) electrons. The van der Waals surface area contributed by atoms with Crippen LogP contribution in [0.1, 0.15) is 28.9 Å². The summed E-state index contributed by atoms with van der Waals surface area (Å²) in [5.41, 5.74) is 3.80. The Hall–Kier alpha value is -3.14. The molecule has 1 atom stereocenters. The fourth-order valence-electron chi connectivity index (χ4n) is 2.52. The summed E-state index contributed by atoms with van der Waals surface area (Å²) in [4.78, 5) is 12.2. The Kier molecular flexibility index (Phi) is 4.57. The Morgan fingerprint density at radius 3 is 2.12 bits per heavy atom. The van der Waals surface area contributed by atoms with E-state index in [9.17, 15) is 10.0 Å². The van der Waals surface area contributed by atoms with Crippen molar-refractivity contribution in [3.63, 3.8) is 0 Å². The first-order valence-electron chi connectivity index (χ1n) is 7.78. The molecule has 1 N–H and O–H groups in total. The molecule has 0 saturated heterocycles. The fourth-order valence-corrected chi connectivity index (χ4v) is 2.52. The molecular weight excluding hydrogens is 300 g/mol. The number of hydrogen-bond acceptors (Lipinski definition) is 2. The van der Waals surface area contributed by atoms with E-state index >= 15 is 0 Å². The number of hydrogen-bond donors (Lipinski definition) is 1. The average Bonchev–Trinajstić information content (AvgIpc) is 2.63. The molecule has 2 aromatic carbocycles. The highest BCUT2D eigenvalue weighted by Gasteiger charge is 2.12. The first-order valence-corrected chi connectivity index (χ1v) is 7.78. The van der Waals surface area contributed by atoms with Crippen LogP contribution in [-0.4, -0.2) is 5.91 Å². The number of carbonyl (C=O) groups is 1. The van der Waals surface area contributed by atoms with Crippen LogP contribution in [0.25, 0.3) is 11.1 Å². The van der Waals surface area contributed by atoms with Gasteiger partial charge in [0.1, 0.15) is 0 Å². The Morgan fingerprint density at radius 2 is 1.50 bits per heavy atom. The minimum Gasteiger partial charge on any atom is -0.619 e. The molecule has 0 saturated carbocycles. The molecule has 24 heavy (non-hydrogen) atoms. The van der Waals surface area contributed by atoms with Crippen molar-refractivity contribution >= 4 is 5.91 Å². The van der Waals surface area contributed by atoms with Crippen LogP contribution >= 0.6 is 0 Å². The maximum atomic E-state index is 12.2. The predicted octanol–water partition coefficient (Wildman–Crippen LogP) is 3.48. The van der Waals surface area contributed by atoms with Gasteiger partial charge in [0.05, 0.1) is 11.6 Å². The Balaban J connectivity index is 1.70. The third kappa shape index (κ3) is 3.60. The van der Waals surface area contributed by atoms with Gasteiger partial charge in [-0.3, -0.25) is 4.79 Å². The van der Waals surface area contributed by atoms with Gasteiger partial charge in [-0.15, -0.1) is 0 Å². The van der Waals surface area contributed by atoms with E-state index in [1.54, 1.807) is 0 Å². The van der Waals surface area contributed by atoms with Crippen LogP contribution < -0.4 is 10.0 Å². The maximum Gasteiger partial charge on any atom is 0.252 e. The topological polar surface area (TPSA) is 56.0 Å². The summed E-state index contributed by atoms with van der Waals surface area (Å²) in [7, 11) is 0. The molecule has 0 fully saturated rings. The average molecular weight is 318 g/mol. The minimum absolute atomic E-state index is 0.123. The Morgan fingerprint density at radius 1 is 0.917 bits per heavy atom. The van der Waals surface area contributed by atoms with Crippen molar-refractivity contribution in [2.45, 2.75) is 13.0 Å². The molecule has 4 nitrogen and oxygen atoms in total. The summed E-state index contributed by atoms with van der Waals surface area (Å²) in [6, 6.07) is 21.2. The van der Waals surface area contributed by atoms with E-state index < -0.39 is 0 Å². The lowest BCUT2D eigenvalue weighted by Crippen LogP contribution is -2.29. The summed E-state index contributed by atoms with van der Waals surface area (Å²) in [5.74, 6) is -0.199. The van der Waals surface area contributed by atoms with Gasteiger partial charge < -0.3 is 10.5 Å². The quantitative estimate of drug-likeness (QED) is 0.591. The lowest BCUT2D eigenvalue weighted by atomic mass is 10.0. The van der Waals surface area contributed by atoms with Gasteiger partial charge in [-0.25, -0.2) is 0 Å². The molecule has 1 amide bonds. The van der Waals surface area contributed by atoms with Crippen molar-refractivity contribution < 1.29 is 9.52 Å². The standard InChI is InChI=1S/C20H18N2O2/c1-15(21-20(23)19-11-13-22(24)14-12-19)16-7-9-18(10-8-16)17-5-3-2-4-6-17/h2-15H,1H3,(H,21,23). The van der Waals surface area contributed by atoms with E-state index in [1.807, 2.05) is 37.3 Å². The lowest BCUT2D eigenvalue weighted by molar-refractivity contribution is -0.605. The van der Waals surface area contributed by atoms with Crippen LogP contribution in [0.5, 0.6) is 0 Å². The summed E-state index contributed by atoms with van der Waals surface area (Å²) in [5, 5.41) is 14.0. The first-order chi connectivity index (χ1) is 11.6. The smallest absolute Gasteiger partial charge is 0.252 e. The molecule has 0 bridgehead atoms. The molecule has 0 spiro atoms.